The first-order valence-corrected chi connectivity index (χ1v) is 9.16. The van der Waals surface area contributed by atoms with Crippen molar-refractivity contribution >= 4 is 32.8 Å². The summed E-state index contributed by atoms with van der Waals surface area (Å²) in [4.78, 5) is 8.93. The summed E-state index contributed by atoms with van der Waals surface area (Å²) >= 11 is 0. The van der Waals surface area contributed by atoms with Crippen molar-refractivity contribution in [3.8, 4) is 16.9 Å². The number of benzene rings is 2. The monoisotopic (exact) mass is 361 g/mol. The van der Waals surface area contributed by atoms with E-state index in [1.807, 2.05) is 30.6 Å². The fraction of sp³-hybridized carbons (Fsp3) is 0. The number of aromatic nitrogens is 3. The Kier molecular flexibility index (Phi) is 3.14. The Bertz CT molecular complexity index is 1460. The molecular formula is C24H15N3O. The fourth-order valence-corrected chi connectivity index (χ4v) is 3.93. The minimum atomic E-state index is 0.874. The van der Waals surface area contributed by atoms with Crippen LogP contribution in [-0.4, -0.2) is 14.5 Å². The third-order valence-corrected chi connectivity index (χ3v) is 5.22. The van der Waals surface area contributed by atoms with Crippen LogP contribution in [-0.2, 0) is 0 Å². The zero-order valence-electron chi connectivity index (χ0n) is 14.9. The quantitative estimate of drug-likeness (QED) is 0.381. The van der Waals surface area contributed by atoms with Gasteiger partial charge in [0.15, 0.2) is 0 Å². The summed E-state index contributed by atoms with van der Waals surface area (Å²) in [5.74, 6) is 0.874. The average molecular weight is 361 g/mol. The van der Waals surface area contributed by atoms with Crippen LogP contribution in [0.4, 0.5) is 0 Å². The summed E-state index contributed by atoms with van der Waals surface area (Å²) in [6.07, 6.45) is 7.24. The first-order valence-electron chi connectivity index (χ1n) is 9.16. The number of nitrogens with zero attached hydrogens (tertiary/aromatic N) is 3. The van der Waals surface area contributed by atoms with Crippen LogP contribution in [0, 0.1) is 0 Å². The topological polar surface area (TPSA) is 43.9 Å². The fourth-order valence-electron chi connectivity index (χ4n) is 3.93. The van der Waals surface area contributed by atoms with E-state index in [2.05, 4.69) is 63.1 Å². The standard InChI is InChI=1S/C24H15N3O/c1-2-6-21-19(5-1)20-12-17-8-11-28-23(17)14-22(20)27(21)24-13-16(7-10-26-24)18-4-3-9-25-15-18/h1-15H. The molecule has 0 fully saturated rings. The number of fused-ring (bicyclic) bond motifs is 4. The van der Waals surface area contributed by atoms with E-state index in [0.717, 1.165) is 38.9 Å². The van der Waals surface area contributed by atoms with Crippen LogP contribution in [0.1, 0.15) is 0 Å². The van der Waals surface area contributed by atoms with Crippen LogP contribution in [0.5, 0.6) is 0 Å². The summed E-state index contributed by atoms with van der Waals surface area (Å²) in [7, 11) is 0. The molecule has 0 unspecified atom stereocenters. The highest BCUT2D eigenvalue weighted by atomic mass is 16.3. The highest BCUT2D eigenvalue weighted by Crippen LogP contribution is 2.35. The van der Waals surface area contributed by atoms with Gasteiger partial charge in [0.25, 0.3) is 0 Å². The van der Waals surface area contributed by atoms with Gasteiger partial charge in [0.2, 0.25) is 0 Å². The number of pyridine rings is 2. The molecule has 4 aromatic heterocycles. The van der Waals surface area contributed by atoms with E-state index in [4.69, 9.17) is 4.42 Å². The second kappa shape index (κ2) is 5.79. The maximum absolute atomic E-state index is 5.66. The second-order valence-corrected chi connectivity index (χ2v) is 6.82. The van der Waals surface area contributed by atoms with E-state index >= 15 is 0 Å². The Morgan fingerprint density at radius 2 is 1.71 bits per heavy atom. The summed E-state index contributed by atoms with van der Waals surface area (Å²) < 4.78 is 7.86. The number of hydrogen-bond donors (Lipinski definition) is 0. The Morgan fingerprint density at radius 3 is 2.64 bits per heavy atom. The Labute approximate surface area is 160 Å². The van der Waals surface area contributed by atoms with Gasteiger partial charge < -0.3 is 4.42 Å². The molecule has 0 aliphatic heterocycles. The summed E-state index contributed by atoms with van der Waals surface area (Å²) in [5, 5.41) is 3.50. The van der Waals surface area contributed by atoms with E-state index < -0.39 is 0 Å². The minimum absolute atomic E-state index is 0.874. The van der Waals surface area contributed by atoms with Crippen molar-refractivity contribution in [2.45, 2.75) is 0 Å². The second-order valence-electron chi connectivity index (χ2n) is 6.82. The van der Waals surface area contributed by atoms with Gasteiger partial charge in [-0.15, -0.1) is 0 Å². The molecule has 6 aromatic rings. The van der Waals surface area contributed by atoms with Gasteiger partial charge in [0.1, 0.15) is 11.4 Å². The van der Waals surface area contributed by atoms with Gasteiger partial charge in [-0.05, 0) is 42.0 Å². The van der Waals surface area contributed by atoms with Crippen molar-refractivity contribution in [3.63, 3.8) is 0 Å². The molecule has 0 aliphatic carbocycles. The van der Waals surface area contributed by atoms with Gasteiger partial charge >= 0.3 is 0 Å². The van der Waals surface area contributed by atoms with Gasteiger partial charge in [-0.25, -0.2) is 4.98 Å². The van der Waals surface area contributed by atoms with Crippen LogP contribution in [0.2, 0.25) is 0 Å². The molecule has 0 saturated heterocycles. The van der Waals surface area contributed by atoms with Gasteiger partial charge in [-0.1, -0.05) is 24.3 Å². The molecule has 0 spiro atoms. The molecule has 0 radical (unpaired) electrons. The van der Waals surface area contributed by atoms with Gasteiger partial charge in [-0.2, -0.15) is 0 Å². The molecule has 4 nitrogen and oxygen atoms in total. The zero-order valence-corrected chi connectivity index (χ0v) is 14.9. The van der Waals surface area contributed by atoms with Crippen molar-refractivity contribution in [3.05, 3.63) is 91.6 Å². The highest BCUT2D eigenvalue weighted by Gasteiger charge is 2.15. The van der Waals surface area contributed by atoms with Crippen molar-refractivity contribution in [1.82, 2.24) is 14.5 Å². The molecule has 0 amide bonds. The molecule has 0 bridgehead atoms. The SMILES string of the molecule is c1cncc(-c2ccnc(-n3c4ccccc4c4cc5ccoc5cc43)c2)c1. The Morgan fingerprint density at radius 1 is 0.750 bits per heavy atom. The first kappa shape index (κ1) is 15.2. The van der Waals surface area contributed by atoms with Crippen molar-refractivity contribution < 1.29 is 4.42 Å². The van der Waals surface area contributed by atoms with E-state index in [1.165, 1.54) is 10.8 Å². The summed E-state index contributed by atoms with van der Waals surface area (Å²) in [6.45, 7) is 0. The molecule has 0 saturated carbocycles. The molecular weight excluding hydrogens is 346 g/mol. The molecule has 4 heteroatoms. The number of para-hydroxylation sites is 1. The smallest absolute Gasteiger partial charge is 0.138 e. The van der Waals surface area contributed by atoms with Crippen molar-refractivity contribution in [2.75, 3.05) is 0 Å². The number of rotatable bonds is 2. The number of furan rings is 1. The van der Waals surface area contributed by atoms with E-state index in [-0.39, 0.29) is 0 Å². The third kappa shape index (κ3) is 2.18. The van der Waals surface area contributed by atoms with E-state index in [9.17, 15) is 0 Å². The van der Waals surface area contributed by atoms with Crippen molar-refractivity contribution in [2.24, 2.45) is 0 Å². The lowest BCUT2D eigenvalue weighted by Crippen LogP contribution is -1.97. The summed E-state index contributed by atoms with van der Waals surface area (Å²) in [6, 6.07) is 22.9. The first-order chi connectivity index (χ1) is 13.9. The Hall–Kier alpha value is -3.92. The van der Waals surface area contributed by atoms with Gasteiger partial charge in [0, 0.05) is 46.4 Å². The average Bonchev–Trinajstić information content (AvgIpc) is 3.34. The molecule has 0 N–H and O–H groups in total. The van der Waals surface area contributed by atoms with Gasteiger partial charge in [-0.3, -0.25) is 9.55 Å². The van der Waals surface area contributed by atoms with Crippen LogP contribution < -0.4 is 0 Å². The predicted molar refractivity (Wildman–Crippen MR) is 112 cm³/mol. The molecule has 0 aliphatic rings. The lowest BCUT2D eigenvalue weighted by molar-refractivity contribution is 0.616. The molecule has 0 atom stereocenters. The Balaban J connectivity index is 1.69. The lowest BCUT2D eigenvalue weighted by atomic mass is 10.1. The minimum Gasteiger partial charge on any atom is -0.464 e. The normalized spacial score (nSPS) is 11.6. The molecule has 132 valence electrons. The van der Waals surface area contributed by atoms with Crippen LogP contribution >= 0.6 is 0 Å². The predicted octanol–water partition coefficient (Wildman–Crippen LogP) is 5.99. The van der Waals surface area contributed by atoms with Crippen LogP contribution in [0.15, 0.2) is 96.0 Å². The molecule has 6 rings (SSSR count). The summed E-state index contributed by atoms with van der Waals surface area (Å²) in [5.41, 5.74) is 5.24. The van der Waals surface area contributed by atoms with E-state index in [1.54, 1.807) is 12.5 Å². The number of hydrogen-bond acceptors (Lipinski definition) is 3. The third-order valence-electron chi connectivity index (χ3n) is 5.22. The molecule has 4 heterocycles. The van der Waals surface area contributed by atoms with Crippen LogP contribution in [0.3, 0.4) is 0 Å². The maximum atomic E-state index is 5.66. The lowest BCUT2D eigenvalue weighted by Gasteiger charge is -2.09. The van der Waals surface area contributed by atoms with Gasteiger partial charge in [0.05, 0.1) is 17.3 Å². The van der Waals surface area contributed by atoms with E-state index in [0.29, 0.717) is 0 Å². The van der Waals surface area contributed by atoms with Crippen LogP contribution in [0.25, 0.3) is 49.7 Å². The molecule has 2 aromatic carbocycles. The zero-order chi connectivity index (χ0) is 18.5. The maximum Gasteiger partial charge on any atom is 0.138 e. The van der Waals surface area contributed by atoms with Crippen molar-refractivity contribution in [1.29, 1.82) is 0 Å². The highest BCUT2D eigenvalue weighted by molar-refractivity contribution is 6.12. The largest absolute Gasteiger partial charge is 0.464 e. The molecule has 28 heavy (non-hydrogen) atoms.